The average molecular weight is 352 g/mol. The normalized spacial score (nSPS) is 17.8. The third-order valence-electron chi connectivity index (χ3n) is 5.24. The van der Waals surface area contributed by atoms with Gasteiger partial charge in [-0.3, -0.25) is 4.79 Å². The molecule has 0 saturated carbocycles. The van der Waals surface area contributed by atoms with Gasteiger partial charge in [0.1, 0.15) is 5.75 Å². The van der Waals surface area contributed by atoms with E-state index < -0.39 is 0 Å². The number of nitrogens with zero attached hydrogens (tertiary/aromatic N) is 2. The molecular formula is C22H28N2O2. The van der Waals surface area contributed by atoms with Crippen LogP contribution in [0.3, 0.4) is 0 Å². The Bertz CT molecular complexity index is 757. The number of methoxy groups -OCH3 is 1. The first-order chi connectivity index (χ1) is 12.6. The quantitative estimate of drug-likeness (QED) is 0.836. The van der Waals surface area contributed by atoms with E-state index in [4.69, 9.17) is 4.74 Å². The van der Waals surface area contributed by atoms with Crippen LogP contribution in [-0.2, 0) is 0 Å². The predicted molar refractivity (Wildman–Crippen MR) is 106 cm³/mol. The lowest BCUT2D eigenvalue weighted by Crippen LogP contribution is -2.33. The van der Waals surface area contributed by atoms with Crippen LogP contribution in [0.2, 0.25) is 0 Å². The zero-order chi connectivity index (χ0) is 18.5. The van der Waals surface area contributed by atoms with Crippen LogP contribution in [0, 0.1) is 0 Å². The van der Waals surface area contributed by atoms with Gasteiger partial charge in [0.05, 0.1) is 7.11 Å². The van der Waals surface area contributed by atoms with Crippen molar-refractivity contribution >= 4 is 5.91 Å². The molecule has 0 radical (unpaired) electrons. The molecule has 4 heteroatoms. The molecule has 0 aliphatic carbocycles. The summed E-state index contributed by atoms with van der Waals surface area (Å²) in [5.74, 6) is 0.946. The fourth-order valence-corrected chi connectivity index (χ4v) is 3.68. The van der Waals surface area contributed by atoms with E-state index in [1.165, 1.54) is 0 Å². The molecule has 1 atom stereocenters. The highest BCUT2D eigenvalue weighted by molar-refractivity contribution is 5.95. The number of para-hydroxylation sites is 1. The van der Waals surface area contributed by atoms with Crippen molar-refractivity contribution in [3.63, 3.8) is 0 Å². The molecule has 26 heavy (non-hydrogen) atoms. The van der Waals surface area contributed by atoms with Gasteiger partial charge in [0.15, 0.2) is 0 Å². The fourth-order valence-electron chi connectivity index (χ4n) is 3.68. The second kappa shape index (κ2) is 8.37. The molecule has 2 aromatic rings. The smallest absolute Gasteiger partial charge is 0.253 e. The minimum Gasteiger partial charge on any atom is -0.496 e. The van der Waals surface area contributed by atoms with Gasteiger partial charge in [-0.1, -0.05) is 30.3 Å². The second-order valence-electron chi connectivity index (χ2n) is 7.12. The van der Waals surface area contributed by atoms with Crippen LogP contribution >= 0.6 is 0 Å². The zero-order valence-corrected chi connectivity index (χ0v) is 15.9. The summed E-state index contributed by atoms with van der Waals surface area (Å²) in [6.07, 6.45) is 3.24. The lowest BCUT2D eigenvalue weighted by atomic mass is 10.0. The molecule has 1 amide bonds. The number of hydrogen-bond acceptors (Lipinski definition) is 3. The monoisotopic (exact) mass is 352 g/mol. The largest absolute Gasteiger partial charge is 0.496 e. The minimum atomic E-state index is 0.126. The van der Waals surface area contributed by atoms with Crippen molar-refractivity contribution in [3.8, 4) is 16.9 Å². The molecule has 1 fully saturated rings. The average Bonchev–Trinajstić information content (AvgIpc) is 2.94. The molecule has 1 unspecified atom stereocenters. The number of carbonyl (C=O) groups is 1. The van der Waals surface area contributed by atoms with Gasteiger partial charge in [0.25, 0.3) is 5.91 Å². The van der Waals surface area contributed by atoms with Gasteiger partial charge in [0, 0.05) is 30.3 Å². The van der Waals surface area contributed by atoms with Crippen LogP contribution in [0.5, 0.6) is 5.75 Å². The van der Waals surface area contributed by atoms with Crippen molar-refractivity contribution in [2.24, 2.45) is 0 Å². The van der Waals surface area contributed by atoms with Crippen LogP contribution < -0.4 is 4.74 Å². The zero-order valence-electron chi connectivity index (χ0n) is 15.9. The number of hydrogen-bond donors (Lipinski definition) is 0. The van der Waals surface area contributed by atoms with Crippen molar-refractivity contribution < 1.29 is 9.53 Å². The van der Waals surface area contributed by atoms with E-state index in [2.05, 4.69) is 19.0 Å². The highest BCUT2D eigenvalue weighted by Crippen LogP contribution is 2.30. The summed E-state index contributed by atoms with van der Waals surface area (Å²) in [6.45, 7) is 1.66. The number of rotatable bonds is 4. The SMILES string of the molecule is COc1ccccc1-c1cccc(C(=O)N2CCCC(N(C)C)CC2)c1. The van der Waals surface area contributed by atoms with Gasteiger partial charge in [-0.2, -0.15) is 0 Å². The maximum atomic E-state index is 13.0. The summed E-state index contributed by atoms with van der Waals surface area (Å²) in [5.41, 5.74) is 2.76. The summed E-state index contributed by atoms with van der Waals surface area (Å²) < 4.78 is 5.47. The molecule has 4 nitrogen and oxygen atoms in total. The Morgan fingerprint density at radius 3 is 2.65 bits per heavy atom. The van der Waals surface area contributed by atoms with E-state index in [1.807, 2.05) is 53.4 Å². The molecule has 0 bridgehead atoms. The molecule has 138 valence electrons. The lowest BCUT2D eigenvalue weighted by molar-refractivity contribution is 0.0758. The molecule has 1 heterocycles. The summed E-state index contributed by atoms with van der Waals surface area (Å²) in [4.78, 5) is 17.3. The van der Waals surface area contributed by atoms with E-state index in [0.717, 1.165) is 54.8 Å². The standard InChI is InChI=1S/C22H28N2O2/c1-23(2)19-10-7-14-24(15-13-19)22(25)18-9-6-8-17(16-18)20-11-4-5-12-21(20)26-3/h4-6,8-9,11-12,16,19H,7,10,13-15H2,1-3H3. The fraction of sp³-hybridized carbons (Fsp3) is 0.409. The minimum absolute atomic E-state index is 0.126. The van der Waals surface area contributed by atoms with Crippen LogP contribution in [0.15, 0.2) is 48.5 Å². The van der Waals surface area contributed by atoms with E-state index in [-0.39, 0.29) is 5.91 Å². The van der Waals surface area contributed by atoms with Crippen molar-refractivity contribution in [2.45, 2.75) is 25.3 Å². The first-order valence-corrected chi connectivity index (χ1v) is 9.29. The predicted octanol–water partition coefficient (Wildman–Crippen LogP) is 3.92. The number of carbonyl (C=O) groups excluding carboxylic acids is 1. The van der Waals surface area contributed by atoms with Crippen molar-refractivity contribution in [2.75, 3.05) is 34.3 Å². The number of amides is 1. The topological polar surface area (TPSA) is 32.8 Å². The van der Waals surface area contributed by atoms with Crippen LogP contribution in [-0.4, -0.2) is 56.0 Å². The Morgan fingerprint density at radius 1 is 1.08 bits per heavy atom. The molecule has 1 aliphatic heterocycles. The van der Waals surface area contributed by atoms with E-state index in [9.17, 15) is 4.79 Å². The molecule has 3 rings (SSSR count). The highest BCUT2D eigenvalue weighted by atomic mass is 16.5. The number of likely N-dealkylation sites (tertiary alicyclic amines) is 1. The summed E-state index contributed by atoms with van der Waals surface area (Å²) in [6, 6.07) is 16.3. The summed E-state index contributed by atoms with van der Waals surface area (Å²) >= 11 is 0. The molecule has 0 spiro atoms. The maximum absolute atomic E-state index is 13.0. The Labute approximate surface area is 156 Å². The van der Waals surface area contributed by atoms with Crippen LogP contribution in [0.1, 0.15) is 29.6 Å². The summed E-state index contributed by atoms with van der Waals surface area (Å²) in [5, 5.41) is 0. The van der Waals surface area contributed by atoms with Crippen LogP contribution in [0.25, 0.3) is 11.1 Å². The lowest BCUT2D eigenvalue weighted by Gasteiger charge is -2.23. The maximum Gasteiger partial charge on any atom is 0.253 e. The van der Waals surface area contributed by atoms with Gasteiger partial charge in [-0.05, 0) is 57.1 Å². The Kier molecular flexibility index (Phi) is 5.94. The van der Waals surface area contributed by atoms with Gasteiger partial charge < -0.3 is 14.5 Å². The van der Waals surface area contributed by atoms with E-state index >= 15 is 0 Å². The third kappa shape index (κ3) is 4.07. The Hall–Kier alpha value is -2.33. The van der Waals surface area contributed by atoms with Crippen molar-refractivity contribution in [3.05, 3.63) is 54.1 Å². The van der Waals surface area contributed by atoms with E-state index in [1.54, 1.807) is 7.11 Å². The van der Waals surface area contributed by atoms with Gasteiger partial charge >= 0.3 is 0 Å². The first kappa shape index (κ1) is 18.5. The number of benzene rings is 2. The van der Waals surface area contributed by atoms with Gasteiger partial charge in [-0.25, -0.2) is 0 Å². The molecular weight excluding hydrogens is 324 g/mol. The highest BCUT2D eigenvalue weighted by Gasteiger charge is 2.22. The van der Waals surface area contributed by atoms with E-state index in [0.29, 0.717) is 6.04 Å². The molecule has 2 aromatic carbocycles. The molecule has 0 aromatic heterocycles. The van der Waals surface area contributed by atoms with Crippen molar-refractivity contribution in [1.82, 2.24) is 9.80 Å². The Morgan fingerprint density at radius 2 is 1.88 bits per heavy atom. The second-order valence-corrected chi connectivity index (χ2v) is 7.12. The first-order valence-electron chi connectivity index (χ1n) is 9.29. The molecule has 1 saturated heterocycles. The molecule has 1 aliphatic rings. The third-order valence-corrected chi connectivity index (χ3v) is 5.24. The Balaban J connectivity index is 1.80. The van der Waals surface area contributed by atoms with Crippen LogP contribution in [0.4, 0.5) is 0 Å². The number of ether oxygens (including phenoxy) is 1. The summed E-state index contributed by atoms with van der Waals surface area (Å²) in [7, 11) is 5.92. The van der Waals surface area contributed by atoms with Gasteiger partial charge in [-0.15, -0.1) is 0 Å². The molecule has 0 N–H and O–H groups in total. The van der Waals surface area contributed by atoms with Gasteiger partial charge in [0.2, 0.25) is 0 Å². The van der Waals surface area contributed by atoms with Crippen molar-refractivity contribution in [1.29, 1.82) is 0 Å².